The Morgan fingerprint density at radius 3 is 2.62 bits per heavy atom. The molecule has 7 nitrogen and oxygen atoms in total. The van der Waals surface area contributed by atoms with Crippen molar-refractivity contribution in [1.82, 2.24) is 19.7 Å². The maximum absolute atomic E-state index is 14.0. The van der Waals surface area contributed by atoms with Crippen molar-refractivity contribution in [1.29, 1.82) is 0 Å². The number of allylic oxidation sites excluding steroid dienone is 3. The Balaban J connectivity index is 1.56. The molecule has 37 heavy (non-hydrogen) atoms. The zero-order valence-electron chi connectivity index (χ0n) is 22.3. The van der Waals surface area contributed by atoms with Crippen LogP contribution in [-0.4, -0.2) is 70.4 Å². The first-order valence-electron chi connectivity index (χ1n) is 13.4. The third-order valence-corrected chi connectivity index (χ3v) is 8.29. The molecule has 5 rings (SSSR count). The highest BCUT2D eigenvalue weighted by Gasteiger charge is 2.60. The quantitative estimate of drug-likeness (QED) is 0.409. The molecule has 2 atom stereocenters. The fourth-order valence-electron chi connectivity index (χ4n) is 6.29. The number of nitrogens with one attached hydrogen (secondary N) is 1. The molecule has 1 aromatic carbocycles. The van der Waals surface area contributed by atoms with E-state index < -0.39 is 11.6 Å². The number of hydrogen-bond acceptors (Lipinski definition) is 4. The summed E-state index contributed by atoms with van der Waals surface area (Å²) in [6, 6.07) is 5.34. The number of nitrogens with zero attached hydrogens (tertiary/aromatic N) is 3. The summed E-state index contributed by atoms with van der Waals surface area (Å²) in [4.78, 5) is 37.4. The van der Waals surface area contributed by atoms with Crippen molar-refractivity contribution in [2.45, 2.75) is 57.5 Å². The molecule has 0 spiro atoms. The predicted molar refractivity (Wildman–Crippen MR) is 147 cm³/mol. The Morgan fingerprint density at radius 2 is 1.95 bits per heavy atom. The van der Waals surface area contributed by atoms with Gasteiger partial charge < -0.3 is 14.6 Å². The van der Waals surface area contributed by atoms with Crippen LogP contribution in [0, 0.1) is 0 Å². The van der Waals surface area contributed by atoms with Crippen molar-refractivity contribution in [2.24, 2.45) is 0 Å². The lowest BCUT2D eigenvalue weighted by atomic mass is 9.81. The lowest BCUT2D eigenvalue weighted by Crippen LogP contribution is -2.53. The lowest BCUT2D eigenvalue weighted by molar-refractivity contribution is -0.133. The number of benzene rings is 1. The normalized spacial score (nSPS) is 25.1. The molecule has 3 amide bonds. The molecule has 2 aromatic rings. The first-order valence-corrected chi connectivity index (χ1v) is 13.4. The van der Waals surface area contributed by atoms with Crippen LogP contribution in [0.1, 0.15) is 56.8 Å². The average molecular weight is 503 g/mol. The minimum atomic E-state index is -0.970. The van der Waals surface area contributed by atoms with Gasteiger partial charge in [0.05, 0.1) is 13.2 Å². The molecule has 0 radical (unpaired) electrons. The summed E-state index contributed by atoms with van der Waals surface area (Å²) < 4.78 is 5.50. The molecule has 4 heterocycles. The van der Waals surface area contributed by atoms with Gasteiger partial charge in [0, 0.05) is 36.1 Å². The Morgan fingerprint density at radius 1 is 1.19 bits per heavy atom. The fraction of sp³-hybridized carbons (Fsp3) is 0.467. The van der Waals surface area contributed by atoms with Crippen LogP contribution in [0.5, 0.6) is 5.75 Å². The van der Waals surface area contributed by atoms with Crippen molar-refractivity contribution < 1.29 is 14.3 Å². The van der Waals surface area contributed by atoms with E-state index in [-0.39, 0.29) is 11.9 Å². The van der Waals surface area contributed by atoms with Crippen LogP contribution in [0.2, 0.25) is 0 Å². The minimum absolute atomic E-state index is 0.108. The van der Waals surface area contributed by atoms with Crippen LogP contribution in [0.3, 0.4) is 0 Å². The second-order valence-corrected chi connectivity index (χ2v) is 10.5. The summed E-state index contributed by atoms with van der Waals surface area (Å²) in [6.07, 6.45) is 12.9. The molecule has 1 aromatic heterocycles. The number of amides is 3. The highest BCUT2D eigenvalue weighted by Crippen LogP contribution is 2.49. The third kappa shape index (κ3) is 4.29. The first kappa shape index (κ1) is 25.3. The van der Waals surface area contributed by atoms with Crippen molar-refractivity contribution in [3.8, 4) is 5.75 Å². The molecule has 0 aliphatic carbocycles. The van der Waals surface area contributed by atoms with Gasteiger partial charge in [-0.05, 0) is 69.1 Å². The van der Waals surface area contributed by atoms with E-state index in [9.17, 15) is 9.59 Å². The molecule has 0 bridgehead atoms. The standard InChI is InChI=1S/C30H38N4O3/c1-5-7-12-21(6-2)27-26-24(23-19-22(37-4)13-14-25(23)31-26)20-30(3)28(35)33(29(36)34(27)30)18-17-32-15-10-8-9-11-16-32/h5-7,12-14,19,27,31H,1,8-11,15-18,20H2,2-4H3/b12-7-,21-6+/t27-,30+/m1/s1. The number of fused-ring (bicyclic) bond motifs is 4. The van der Waals surface area contributed by atoms with Crippen LogP contribution in [0.4, 0.5) is 4.79 Å². The number of likely N-dealkylation sites (tertiary alicyclic amines) is 1. The number of carbonyl (C=O) groups is 2. The van der Waals surface area contributed by atoms with Gasteiger partial charge in [0.1, 0.15) is 11.3 Å². The molecule has 2 fully saturated rings. The molecule has 3 aliphatic rings. The second kappa shape index (κ2) is 10.2. The van der Waals surface area contributed by atoms with Gasteiger partial charge in [-0.2, -0.15) is 0 Å². The van der Waals surface area contributed by atoms with Gasteiger partial charge in [0.2, 0.25) is 0 Å². The minimum Gasteiger partial charge on any atom is -0.497 e. The van der Waals surface area contributed by atoms with Crippen molar-refractivity contribution in [2.75, 3.05) is 33.3 Å². The topological polar surface area (TPSA) is 68.9 Å². The number of aromatic nitrogens is 1. The number of ether oxygens (including phenoxy) is 1. The highest BCUT2D eigenvalue weighted by atomic mass is 16.5. The molecular weight excluding hydrogens is 464 g/mol. The highest BCUT2D eigenvalue weighted by molar-refractivity contribution is 6.08. The molecule has 3 aliphatic heterocycles. The fourth-order valence-corrected chi connectivity index (χ4v) is 6.29. The Hall–Kier alpha value is -3.32. The summed E-state index contributed by atoms with van der Waals surface area (Å²) in [5.74, 6) is 0.660. The zero-order chi connectivity index (χ0) is 26.2. The number of rotatable bonds is 7. The van der Waals surface area contributed by atoms with E-state index in [0.717, 1.165) is 53.1 Å². The van der Waals surface area contributed by atoms with Gasteiger partial charge in [0.25, 0.3) is 5.91 Å². The maximum Gasteiger partial charge on any atom is 0.328 e. The molecule has 1 N–H and O–H groups in total. The lowest BCUT2D eigenvalue weighted by Gasteiger charge is -2.42. The van der Waals surface area contributed by atoms with Crippen LogP contribution in [0.15, 0.2) is 54.7 Å². The molecule has 0 unspecified atom stereocenters. The van der Waals surface area contributed by atoms with Crippen molar-refractivity contribution in [3.05, 3.63) is 65.9 Å². The summed E-state index contributed by atoms with van der Waals surface area (Å²) in [5, 5.41) is 1.03. The molecular formula is C30H38N4O3. The van der Waals surface area contributed by atoms with Crippen LogP contribution < -0.4 is 4.74 Å². The van der Waals surface area contributed by atoms with Crippen LogP contribution >= 0.6 is 0 Å². The van der Waals surface area contributed by atoms with E-state index in [4.69, 9.17) is 4.74 Å². The van der Waals surface area contributed by atoms with Gasteiger partial charge in [-0.3, -0.25) is 14.6 Å². The smallest absolute Gasteiger partial charge is 0.328 e. The Labute approximate surface area is 219 Å². The second-order valence-electron chi connectivity index (χ2n) is 10.5. The summed E-state index contributed by atoms with van der Waals surface area (Å²) in [5.41, 5.74) is 2.97. The predicted octanol–water partition coefficient (Wildman–Crippen LogP) is 5.36. The van der Waals surface area contributed by atoms with Crippen LogP contribution in [-0.2, 0) is 11.2 Å². The van der Waals surface area contributed by atoms with E-state index in [1.807, 2.05) is 55.2 Å². The number of aromatic amines is 1. The summed E-state index contributed by atoms with van der Waals surface area (Å²) in [6.45, 7) is 10.9. The van der Waals surface area contributed by atoms with Gasteiger partial charge in [0.15, 0.2) is 0 Å². The third-order valence-electron chi connectivity index (χ3n) is 8.29. The molecule has 2 saturated heterocycles. The average Bonchev–Trinajstić information content (AvgIpc) is 3.17. The van der Waals surface area contributed by atoms with Gasteiger partial charge >= 0.3 is 6.03 Å². The van der Waals surface area contributed by atoms with E-state index in [1.165, 1.54) is 30.6 Å². The van der Waals surface area contributed by atoms with Gasteiger partial charge in [-0.1, -0.05) is 43.7 Å². The SMILES string of the molecule is C=C/C=C\C(=C/C)[C@@H]1c2[nH]c3ccc(OC)cc3c2C[C@@]2(C)C(=O)N(CCN3CCCCCC3)C(=O)N12. The number of urea groups is 1. The number of methoxy groups -OCH3 is 1. The Bertz CT molecular complexity index is 1270. The zero-order valence-corrected chi connectivity index (χ0v) is 22.3. The van der Waals surface area contributed by atoms with E-state index >= 15 is 0 Å². The monoisotopic (exact) mass is 502 g/mol. The summed E-state index contributed by atoms with van der Waals surface area (Å²) >= 11 is 0. The molecule has 0 saturated carbocycles. The Kier molecular flexibility index (Phi) is 6.99. The van der Waals surface area contributed by atoms with E-state index in [1.54, 1.807) is 13.2 Å². The van der Waals surface area contributed by atoms with Gasteiger partial charge in [-0.25, -0.2) is 4.79 Å². The summed E-state index contributed by atoms with van der Waals surface area (Å²) in [7, 11) is 1.66. The molecule has 196 valence electrons. The number of carbonyl (C=O) groups excluding carboxylic acids is 2. The van der Waals surface area contributed by atoms with Gasteiger partial charge in [-0.15, -0.1) is 0 Å². The first-order chi connectivity index (χ1) is 17.9. The van der Waals surface area contributed by atoms with Crippen molar-refractivity contribution >= 4 is 22.8 Å². The van der Waals surface area contributed by atoms with E-state index in [2.05, 4.69) is 16.5 Å². The van der Waals surface area contributed by atoms with Crippen LogP contribution in [0.25, 0.3) is 10.9 Å². The number of imide groups is 1. The largest absolute Gasteiger partial charge is 0.497 e. The van der Waals surface area contributed by atoms with E-state index in [0.29, 0.717) is 13.0 Å². The van der Waals surface area contributed by atoms with Crippen molar-refractivity contribution in [3.63, 3.8) is 0 Å². The number of hydrogen-bond donors (Lipinski definition) is 1. The maximum atomic E-state index is 14.0. The molecule has 7 heteroatoms. The number of H-pyrrole nitrogens is 1.